The molecule has 0 saturated carbocycles. The van der Waals surface area contributed by atoms with Crippen LogP contribution in [0.1, 0.15) is 174 Å². The molecule has 0 aliphatic carbocycles. The molecule has 0 heterocycles. The second-order valence-corrected chi connectivity index (χ2v) is 18.2. The van der Waals surface area contributed by atoms with Gasteiger partial charge in [-0.15, -0.1) is 0 Å². The Labute approximate surface area is 363 Å². The predicted octanol–water partition coefficient (Wildman–Crippen LogP) is 13.4. The van der Waals surface area contributed by atoms with Gasteiger partial charge in [-0.1, -0.05) is 182 Å². The highest BCUT2D eigenvalue weighted by molar-refractivity contribution is 7.47. The Morgan fingerprint density at radius 1 is 0.593 bits per heavy atom. The molecule has 3 atom stereocenters. The van der Waals surface area contributed by atoms with Gasteiger partial charge in [0.15, 0.2) is 0 Å². The van der Waals surface area contributed by atoms with Crippen molar-refractivity contribution in [2.45, 2.75) is 187 Å². The largest absolute Gasteiger partial charge is 0.472 e. The van der Waals surface area contributed by atoms with Gasteiger partial charge in [0, 0.05) is 6.42 Å². The second kappa shape index (κ2) is 41.1. The molecule has 340 valence electrons. The zero-order chi connectivity index (χ0) is 43.6. The Hall–Kier alpha value is -2.32. The summed E-state index contributed by atoms with van der Waals surface area (Å²) in [5, 5.41) is 13.7. The van der Waals surface area contributed by atoms with Crippen molar-refractivity contribution in [2.24, 2.45) is 0 Å². The number of aliphatic hydroxyl groups is 1. The van der Waals surface area contributed by atoms with E-state index in [0.29, 0.717) is 17.4 Å². The van der Waals surface area contributed by atoms with Crippen LogP contribution in [0.3, 0.4) is 0 Å². The number of carbonyl (C=O) groups is 1. The third kappa shape index (κ3) is 43.6. The van der Waals surface area contributed by atoms with Gasteiger partial charge in [-0.25, -0.2) is 4.57 Å². The van der Waals surface area contributed by atoms with Gasteiger partial charge in [0.25, 0.3) is 0 Å². The molecular weight excluding hydrogens is 756 g/mol. The summed E-state index contributed by atoms with van der Waals surface area (Å²) in [6, 6.07) is -0.912. The number of carbonyl (C=O) groups excluding carboxylic acids is 1. The van der Waals surface area contributed by atoms with Crippen molar-refractivity contribution in [3.05, 3.63) is 85.1 Å². The molecule has 9 heteroatoms. The minimum atomic E-state index is -4.37. The average molecular weight is 846 g/mol. The number of nitrogens with one attached hydrogen (secondary N) is 1. The molecule has 0 aromatic heterocycles. The molecule has 59 heavy (non-hydrogen) atoms. The monoisotopic (exact) mass is 846 g/mol. The first-order valence-electron chi connectivity index (χ1n) is 23.5. The minimum Gasteiger partial charge on any atom is -0.387 e. The molecule has 0 aromatic rings. The molecule has 0 bridgehead atoms. The molecule has 3 N–H and O–H groups in total. The molecule has 1 amide bonds. The standard InChI is InChI=1S/C50H89N2O6P/c1-6-8-10-12-14-16-18-20-21-22-23-24-25-26-27-28-29-30-32-33-35-37-39-41-43-49(53)48(47-58-59(55,56)57-46-45-52(3,4)5)51-50(54)44-42-40-38-36-34-31-19-17-15-13-11-9-7-2/h9,11,15,17,28-29,31,33-35,38,40-41,43,48-49,53H,6-8,10,12-14,16,18-27,30,32,36-37,39,42,44-47H2,1-5H3,(H-,51,54,55,56)/p+1/b11-9-,17-15-,29-28+,34-31-,35-33+,40-38-,43-41+. The van der Waals surface area contributed by atoms with E-state index in [2.05, 4.69) is 79.9 Å². The Morgan fingerprint density at radius 3 is 1.54 bits per heavy atom. The van der Waals surface area contributed by atoms with Gasteiger partial charge in [-0.05, 0) is 70.6 Å². The second-order valence-electron chi connectivity index (χ2n) is 16.7. The number of nitrogens with zero attached hydrogens (tertiary/aromatic N) is 1. The fraction of sp³-hybridized carbons (Fsp3) is 0.700. The van der Waals surface area contributed by atoms with Crippen LogP contribution in [0.5, 0.6) is 0 Å². The van der Waals surface area contributed by atoms with Gasteiger partial charge in [0.2, 0.25) is 5.91 Å². The maximum atomic E-state index is 12.8. The Bertz CT molecular complexity index is 1230. The highest BCUT2D eigenvalue weighted by atomic mass is 31.2. The maximum absolute atomic E-state index is 12.8. The number of phosphoric ester groups is 1. The smallest absolute Gasteiger partial charge is 0.387 e. The lowest BCUT2D eigenvalue weighted by Gasteiger charge is -2.25. The summed E-state index contributed by atoms with van der Waals surface area (Å²) in [4.78, 5) is 23.0. The number of likely N-dealkylation sites (N-methyl/N-ethyl adjacent to an activating group) is 1. The number of rotatable bonds is 41. The van der Waals surface area contributed by atoms with E-state index in [9.17, 15) is 19.4 Å². The fourth-order valence-electron chi connectivity index (χ4n) is 6.14. The zero-order valence-corrected chi connectivity index (χ0v) is 39.4. The molecule has 8 nitrogen and oxygen atoms in total. The SMILES string of the molecule is CC/C=C\C/C=C\C/C=C\C/C=C\CCC(=O)NC(COP(=O)(O)OCC[N+](C)(C)C)C(O)/C=C/CC/C=C/CC/C=C/CCCCCCCCCCCCCCCC. The number of hydrogen-bond donors (Lipinski definition) is 3. The molecule has 0 aliphatic heterocycles. The summed E-state index contributed by atoms with van der Waals surface area (Å²) in [7, 11) is 1.49. The van der Waals surface area contributed by atoms with Crippen LogP contribution < -0.4 is 5.32 Å². The van der Waals surface area contributed by atoms with Crippen molar-refractivity contribution < 1.29 is 32.9 Å². The first-order chi connectivity index (χ1) is 28.5. The maximum Gasteiger partial charge on any atom is 0.472 e. The van der Waals surface area contributed by atoms with Crippen molar-refractivity contribution in [3.8, 4) is 0 Å². The number of hydrogen-bond acceptors (Lipinski definition) is 5. The summed E-state index contributed by atoms with van der Waals surface area (Å²) in [6.45, 7) is 4.59. The third-order valence-electron chi connectivity index (χ3n) is 9.84. The summed E-state index contributed by atoms with van der Waals surface area (Å²) in [5.74, 6) is -0.274. The number of quaternary nitrogens is 1. The number of aliphatic hydroxyl groups excluding tert-OH is 1. The van der Waals surface area contributed by atoms with E-state index in [-0.39, 0.29) is 25.5 Å². The van der Waals surface area contributed by atoms with E-state index in [0.717, 1.165) is 51.4 Å². The van der Waals surface area contributed by atoms with E-state index in [1.165, 1.54) is 96.3 Å². The number of unbranched alkanes of at least 4 members (excludes halogenated alkanes) is 16. The van der Waals surface area contributed by atoms with Gasteiger partial charge < -0.3 is 19.8 Å². The minimum absolute atomic E-state index is 0.0367. The van der Waals surface area contributed by atoms with E-state index in [1.807, 2.05) is 39.4 Å². The fourth-order valence-corrected chi connectivity index (χ4v) is 6.88. The van der Waals surface area contributed by atoms with Gasteiger partial charge in [-0.2, -0.15) is 0 Å². The van der Waals surface area contributed by atoms with Crippen LogP contribution in [0.2, 0.25) is 0 Å². The molecule has 0 aliphatic rings. The third-order valence-corrected chi connectivity index (χ3v) is 10.8. The van der Waals surface area contributed by atoms with Gasteiger partial charge in [0.1, 0.15) is 13.2 Å². The lowest BCUT2D eigenvalue weighted by molar-refractivity contribution is -0.870. The number of amides is 1. The van der Waals surface area contributed by atoms with Crippen LogP contribution in [0.15, 0.2) is 85.1 Å². The molecule has 3 unspecified atom stereocenters. The van der Waals surface area contributed by atoms with E-state index < -0.39 is 20.0 Å². The van der Waals surface area contributed by atoms with Crippen LogP contribution in [-0.4, -0.2) is 73.4 Å². The quantitative estimate of drug-likeness (QED) is 0.0245. The van der Waals surface area contributed by atoms with Crippen LogP contribution in [0, 0.1) is 0 Å². The molecule has 0 saturated heterocycles. The van der Waals surface area contributed by atoms with Crippen LogP contribution in [-0.2, 0) is 18.4 Å². The van der Waals surface area contributed by atoms with E-state index in [4.69, 9.17) is 9.05 Å². The van der Waals surface area contributed by atoms with Crippen LogP contribution in [0.4, 0.5) is 0 Å². The summed E-state index contributed by atoms with van der Waals surface area (Å²) >= 11 is 0. The molecule has 0 fully saturated rings. The molecule has 0 spiro atoms. The summed E-state index contributed by atoms with van der Waals surface area (Å²) in [5.41, 5.74) is 0. The van der Waals surface area contributed by atoms with Crippen molar-refractivity contribution in [2.75, 3.05) is 40.9 Å². The Balaban J connectivity index is 4.49. The highest BCUT2D eigenvalue weighted by Crippen LogP contribution is 2.43. The molecule has 0 radical (unpaired) electrons. The molecule has 0 aromatic carbocycles. The summed E-state index contributed by atoms with van der Waals surface area (Å²) < 4.78 is 23.5. The van der Waals surface area contributed by atoms with Gasteiger partial charge in [-0.3, -0.25) is 13.8 Å². The van der Waals surface area contributed by atoms with Crippen LogP contribution >= 0.6 is 7.82 Å². The van der Waals surface area contributed by atoms with Crippen molar-refractivity contribution in [1.29, 1.82) is 0 Å². The first-order valence-corrected chi connectivity index (χ1v) is 25.0. The average Bonchev–Trinajstić information content (AvgIpc) is 3.19. The predicted molar refractivity (Wildman–Crippen MR) is 253 cm³/mol. The zero-order valence-electron chi connectivity index (χ0n) is 38.5. The van der Waals surface area contributed by atoms with Gasteiger partial charge >= 0.3 is 7.82 Å². The molecular formula is C50H90N2O6P+. The highest BCUT2D eigenvalue weighted by Gasteiger charge is 2.27. The lowest BCUT2D eigenvalue weighted by atomic mass is 10.0. The Kier molecular flexibility index (Phi) is 39.4. The number of phosphoric acid groups is 1. The molecule has 0 rings (SSSR count). The van der Waals surface area contributed by atoms with Crippen molar-refractivity contribution in [1.82, 2.24) is 5.32 Å². The van der Waals surface area contributed by atoms with E-state index >= 15 is 0 Å². The normalized spacial score (nSPS) is 15.0. The first kappa shape index (κ1) is 56.7. The lowest BCUT2D eigenvalue weighted by Crippen LogP contribution is -2.45. The van der Waals surface area contributed by atoms with E-state index in [1.54, 1.807) is 6.08 Å². The van der Waals surface area contributed by atoms with Crippen molar-refractivity contribution in [3.63, 3.8) is 0 Å². The topological polar surface area (TPSA) is 105 Å². The number of allylic oxidation sites excluding steroid dienone is 13. The Morgan fingerprint density at radius 2 is 1.03 bits per heavy atom. The van der Waals surface area contributed by atoms with Gasteiger partial charge in [0.05, 0.1) is 39.9 Å². The van der Waals surface area contributed by atoms with Crippen LogP contribution in [0.25, 0.3) is 0 Å². The summed E-state index contributed by atoms with van der Waals surface area (Å²) in [6.07, 6.45) is 57.0. The van der Waals surface area contributed by atoms with Crippen molar-refractivity contribution >= 4 is 13.7 Å².